The average molecular weight is 341 g/mol. The molecule has 0 aliphatic carbocycles. The van der Waals surface area contributed by atoms with E-state index in [9.17, 15) is 10.1 Å². The number of nitro groups is 1. The summed E-state index contributed by atoms with van der Waals surface area (Å²) in [4.78, 5) is 19.3. The van der Waals surface area contributed by atoms with Gasteiger partial charge >= 0.3 is 5.82 Å². The molecule has 0 N–H and O–H groups in total. The van der Waals surface area contributed by atoms with Crippen molar-refractivity contribution in [2.45, 2.75) is 26.3 Å². The Bertz CT molecular complexity index is 1110. The molecule has 11 nitrogen and oxygen atoms in total. The molecule has 0 spiro atoms. The van der Waals surface area contributed by atoms with Crippen LogP contribution in [0, 0.1) is 17.0 Å². The van der Waals surface area contributed by atoms with E-state index in [1.165, 1.54) is 6.07 Å². The van der Waals surface area contributed by atoms with E-state index < -0.39 is 4.92 Å². The van der Waals surface area contributed by atoms with Crippen molar-refractivity contribution < 1.29 is 4.92 Å². The molecule has 0 saturated heterocycles. The molecule has 0 aromatic carbocycles. The maximum absolute atomic E-state index is 10.9. The molecule has 0 bridgehead atoms. The summed E-state index contributed by atoms with van der Waals surface area (Å²) in [6.45, 7) is 4.18. The zero-order valence-electron chi connectivity index (χ0n) is 13.9. The van der Waals surface area contributed by atoms with Crippen molar-refractivity contribution in [1.82, 2.24) is 39.1 Å². The van der Waals surface area contributed by atoms with E-state index in [0.29, 0.717) is 18.0 Å². The molecule has 4 aromatic rings. The lowest BCUT2D eigenvalue weighted by atomic mass is 10.1. The molecule has 0 saturated carbocycles. The predicted molar refractivity (Wildman–Crippen MR) is 87.1 cm³/mol. The van der Waals surface area contributed by atoms with Gasteiger partial charge in [-0.3, -0.25) is 4.68 Å². The summed E-state index contributed by atoms with van der Waals surface area (Å²) in [5.41, 5.74) is 2.14. The fourth-order valence-electron chi connectivity index (χ4n) is 2.77. The van der Waals surface area contributed by atoms with Crippen LogP contribution in [0.2, 0.25) is 0 Å². The number of aryl methyl sites for hydroxylation is 2. The van der Waals surface area contributed by atoms with Crippen molar-refractivity contribution in [1.29, 1.82) is 0 Å². The van der Waals surface area contributed by atoms with Crippen LogP contribution in [0.1, 0.15) is 24.4 Å². The Hall–Kier alpha value is -3.37. The third-order valence-electron chi connectivity index (χ3n) is 4.13. The Balaban J connectivity index is 1.69. The van der Waals surface area contributed by atoms with E-state index in [-0.39, 0.29) is 11.7 Å². The van der Waals surface area contributed by atoms with E-state index in [2.05, 4.69) is 25.3 Å². The van der Waals surface area contributed by atoms with Crippen LogP contribution in [-0.2, 0) is 13.6 Å². The van der Waals surface area contributed by atoms with Crippen molar-refractivity contribution in [2.24, 2.45) is 7.05 Å². The predicted octanol–water partition coefficient (Wildman–Crippen LogP) is 1.23. The smallest absolute Gasteiger partial charge is 0.358 e. The Morgan fingerprint density at radius 2 is 2.12 bits per heavy atom. The number of rotatable bonds is 4. The van der Waals surface area contributed by atoms with Gasteiger partial charge in [0.25, 0.3) is 0 Å². The molecule has 0 fully saturated rings. The minimum atomic E-state index is -0.498. The van der Waals surface area contributed by atoms with Gasteiger partial charge in [-0.05, 0) is 11.8 Å². The first-order chi connectivity index (χ1) is 11.9. The third kappa shape index (κ3) is 2.40. The van der Waals surface area contributed by atoms with Gasteiger partial charge in [0.1, 0.15) is 6.33 Å². The van der Waals surface area contributed by atoms with Crippen LogP contribution < -0.4 is 0 Å². The van der Waals surface area contributed by atoms with Gasteiger partial charge in [-0.1, -0.05) is 6.92 Å². The molecular weight excluding hydrogens is 326 g/mol. The van der Waals surface area contributed by atoms with Gasteiger partial charge < -0.3 is 10.1 Å². The van der Waals surface area contributed by atoms with Crippen molar-refractivity contribution >= 4 is 22.5 Å². The quantitative estimate of drug-likeness (QED) is 0.404. The van der Waals surface area contributed by atoms with E-state index in [4.69, 9.17) is 0 Å². The highest BCUT2D eigenvalue weighted by Crippen LogP contribution is 2.21. The SMILES string of the molecule is Cc1cc([N+](=O)[O-])nn1C[C@@H](C)c1nc2c3cnn(C)c3ncn2n1. The van der Waals surface area contributed by atoms with Gasteiger partial charge in [0.15, 0.2) is 17.1 Å². The molecule has 4 rings (SSSR count). The second-order valence-electron chi connectivity index (χ2n) is 5.97. The second-order valence-corrected chi connectivity index (χ2v) is 5.97. The average Bonchev–Trinajstić information content (AvgIpc) is 3.25. The number of fused-ring (bicyclic) bond motifs is 3. The molecule has 0 unspecified atom stereocenters. The summed E-state index contributed by atoms with van der Waals surface area (Å²) in [6.07, 6.45) is 3.31. The highest BCUT2D eigenvalue weighted by molar-refractivity contribution is 5.88. The van der Waals surface area contributed by atoms with E-state index >= 15 is 0 Å². The zero-order chi connectivity index (χ0) is 17.7. The Morgan fingerprint density at radius 1 is 1.32 bits per heavy atom. The fourth-order valence-corrected chi connectivity index (χ4v) is 2.77. The first-order valence-electron chi connectivity index (χ1n) is 7.66. The summed E-state index contributed by atoms with van der Waals surface area (Å²) in [6, 6.07) is 1.45. The maximum Gasteiger partial charge on any atom is 0.390 e. The lowest BCUT2D eigenvalue weighted by Crippen LogP contribution is -2.11. The topological polar surface area (TPSA) is 122 Å². The van der Waals surface area contributed by atoms with Crippen molar-refractivity contribution in [3.05, 3.63) is 40.2 Å². The summed E-state index contributed by atoms with van der Waals surface area (Å²) in [7, 11) is 1.82. The molecule has 0 aliphatic heterocycles. The van der Waals surface area contributed by atoms with Crippen molar-refractivity contribution in [3.63, 3.8) is 0 Å². The molecule has 0 amide bonds. The van der Waals surface area contributed by atoms with Crippen LogP contribution in [0.25, 0.3) is 16.7 Å². The Labute approximate surface area is 141 Å². The number of nitrogens with zero attached hydrogens (tertiary/aromatic N) is 9. The van der Waals surface area contributed by atoms with Gasteiger partial charge in [0, 0.05) is 13.0 Å². The molecule has 128 valence electrons. The highest BCUT2D eigenvalue weighted by Gasteiger charge is 2.21. The van der Waals surface area contributed by atoms with Crippen molar-refractivity contribution in [3.8, 4) is 0 Å². The van der Waals surface area contributed by atoms with Crippen LogP contribution in [0.5, 0.6) is 0 Å². The van der Waals surface area contributed by atoms with E-state index in [1.54, 1.807) is 33.3 Å². The lowest BCUT2D eigenvalue weighted by Gasteiger charge is -2.05. The van der Waals surface area contributed by atoms with Crippen LogP contribution in [-0.4, -0.2) is 44.1 Å². The third-order valence-corrected chi connectivity index (χ3v) is 4.13. The molecule has 4 heterocycles. The fraction of sp³-hybridized carbons (Fsp3) is 0.357. The normalized spacial score (nSPS) is 12.9. The molecule has 4 aromatic heterocycles. The molecule has 25 heavy (non-hydrogen) atoms. The number of aromatic nitrogens is 8. The molecule has 0 aliphatic rings. The van der Waals surface area contributed by atoms with Crippen LogP contribution in [0.4, 0.5) is 5.82 Å². The highest BCUT2D eigenvalue weighted by atomic mass is 16.6. The number of hydrogen-bond acceptors (Lipinski definition) is 7. The minimum absolute atomic E-state index is 0.0789. The first kappa shape index (κ1) is 15.2. The Kier molecular flexibility index (Phi) is 3.23. The summed E-state index contributed by atoms with van der Waals surface area (Å²) in [5.74, 6) is 0.384. The largest absolute Gasteiger partial charge is 0.390 e. The molecule has 0 radical (unpaired) electrons. The van der Waals surface area contributed by atoms with Crippen molar-refractivity contribution in [2.75, 3.05) is 0 Å². The summed E-state index contributed by atoms with van der Waals surface area (Å²) < 4.78 is 4.90. The lowest BCUT2D eigenvalue weighted by molar-refractivity contribution is -0.389. The van der Waals surface area contributed by atoms with Crippen LogP contribution >= 0.6 is 0 Å². The molecular formula is C14H15N9O2. The summed E-state index contributed by atoms with van der Waals surface area (Å²) in [5, 5.41) is 24.4. The molecule has 1 atom stereocenters. The van der Waals surface area contributed by atoms with Crippen LogP contribution in [0.15, 0.2) is 18.6 Å². The zero-order valence-corrected chi connectivity index (χ0v) is 13.9. The van der Waals surface area contributed by atoms with Gasteiger partial charge in [0.05, 0.1) is 35.0 Å². The van der Waals surface area contributed by atoms with Crippen LogP contribution in [0.3, 0.4) is 0 Å². The number of hydrogen-bond donors (Lipinski definition) is 0. The monoisotopic (exact) mass is 341 g/mol. The first-order valence-corrected chi connectivity index (χ1v) is 7.66. The van der Waals surface area contributed by atoms with Gasteiger partial charge in [-0.25, -0.2) is 14.5 Å². The van der Waals surface area contributed by atoms with Gasteiger partial charge in [-0.2, -0.15) is 9.78 Å². The van der Waals surface area contributed by atoms with Gasteiger partial charge in [-0.15, -0.1) is 5.10 Å². The molecule has 11 heteroatoms. The van der Waals surface area contributed by atoms with E-state index in [0.717, 1.165) is 16.7 Å². The summed E-state index contributed by atoms with van der Waals surface area (Å²) >= 11 is 0. The maximum atomic E-state index is 10.9. The minimum Gasteiger partial charge on any atom is -0.358 e. The standard InChI is InChI=1S/C14H15N9O2/c1-8(6-21-9(2)4-11(18-21)23(24)25)12-17-14-10-5-16-20(3)13(10)15-7-22(14)19-12/h4-5,7-8H,6H2,1-3H3/t8-/m1/s1. The van der Waals surface area contributed by atoms with Gasteiger partial charge in [0.2, 0.25) is 0 Å². The van der Waals surface area contributed by atoms with E-state index in [1.807, 2.05) is 14.0 Å². The second kappa shape index (κ2) is 5.33. The Morgan fingerprint density at radius 3 is 2.84 bits per heavy atom.